The minimum atomic E-state index is -0.533. The number of hydrogen-bond donors (Lipinski definition) is 0. The van der Waals surface area contributed by atoms with Gasteiger partial charge in [0.25, 0.3) is 0 Å². The van der Waals surface area contributed by atoms with Crippen LogP contribution < -0.4 is 4.74 Å². The topological polar surface area (TPSA) is 54.4 Å². The number of carbonyl (C=O) groups excluding carboxylic acids is 1. The summed E-state index contributed by atoms with van der Waals surface area (Å²) in [6.45, 7) is 5.52. The van der Waals surface area contributed by atoms with Crippen LogP contribution in [-0.4, -0.2) is 47.1 Å². The van der Waals surface area contributed by atoms with E-state index in [1.165, 1.54) is 11.1 Å². The quantitative estimate of drug-likeness (QED) is 0.739. The molecule has 1 amide bonds. The molecule has 2 aromatic carbocycles. The predicted octanol–water partition coefficient (Wildman–Crippen LogP) is 4.49. The summed E-state index contributed by atoms with van der Waals surface area (Å²) in [4.78, 5) is 14.0. The van der Waals surface area contributed by atoms with E-state index >= 15 is 0 Å². The molecule has 0 saturated carbocycles. The highest BCUT2D eigenvalue weighted by atomic mass is 16.6. The lowest BCUT2D eigenvalue weighted by molar-refractivity contribution is -0.147. The third-order valence-electron chi connectivity index (χ3n) is 6.36. The molecule has 5 rings (SSSR count). The molecular weight excluding hydrogens is 378 g/mol. The van der Waals surface area contributed by atoms with Crippen molar-refractivity contribution in [1.29, 1.82) is 0 Å². The third kappa shape index (κ3) is 3.11. The fourth-order valence-corrected chi connectivity index (χ4v) is 4.73. The van der Waals surface area contributed by atoms with Crippen LogP contribution in [0, 0.1) is 6.92 Å². The Bertz CT molecular complexity index is 977. The van der Waals surface area contributed by atoms with E-state index in [9.17, 15) is 4.79 Å². The fraction of sp³-hybridized carbons (Fsp3) is 0.417. The van der Waals surface area contributed by atoms with Gasteiger partial charge in [-0.25, -0.2) is 9.80 Å². The highest BCUT2D eigenvalue weighted by molar-refractivity contribution is 6.02. The molecule has 0 N–H and O–H groups in total. The first-order valence-corrected chi connectivity index (χ1v) is 10.7. The summed E-state index contributed by atoms with van der Waals surface area (Å²) in [5.41, 5.74) is 4.14. The van der Waals surface area contributed by atoms with Gasteiger partial charge in [-0.2, -0.15) is 5.10 Å². The molecule has 6 nitrogen and oxygen atoms in total. The first-order valence-electron chi connectivity index (χ1n) is 10.7. The molecule has 0 bridgehead atoms. The number of para-hydroxylation sites is 1. The summed E-state index contributed by atoms with van der Waals surface area (Å²) in [5.74, 6) is 0.934. The summed E-state index contributed by atoms with van der Waals surface area (Å²) in [6.07, 6.45) is 2.00. The van der Waals surface area contributed by atoms with E-state index in [0.29, 0.717) is 32.5 Å². The molecule has 3 aliphatic heterocycles. The Morgan fingerprint density at radius 2 is 1.90 bits per heavy atom. The van der Waals surface area contributed by atoms with Crippen molar-refractivity contribution < 1.29 is 14.3 Å². The van der Waals surface area contributed by atoms with Crippen molar-refractivity contribution in [2.45, 2.75) is 44.9 Å². The zero-order chi connectivity index (χ0) is 20.7. The number of carbonyl (C=O) groups is 1. The second-order valence-electron chi connectivity index (χ2n) is 8.25. The van der Waals surface area contributed by atoms with E-state index in [1.807, 2.05) is 13.0 Å². The van der Waals surface area contributed by atoms with Crippen LogP contribution in [-0.2, 0) is 4.74 Å². The molecule has 3 aliphatic rings. The predicted molar refractivity (Wildman–Crippen MR) is 115 cm³/mol. The minimum absolute atomic E-state index is 0.153. The number of nitrogens with zero attached hydrogens (tertiary/aromatic N) is 3. The molecule has 0 radical (unpaired) electrons. The first-order chi connectivity index (χ1) is 14.6. The normalized spacial score (nSPS) is 21.5. The zero-order valence-electron chi connectivity index (χ0n) is 17.5. The van der Waals surface area contributed by atoms with Gasteiger partial charge in [0.2, 0.25) is 5.72 Å². The molecule has 156 valence electrons. The molecule has 30 heavy (non-hydrogen) atoms. The van der Waals surface area contributed by atoms with Crippen LogP contribution in [0.2, 0.25) is 0 Å². The van der Waals surface area contributed by atoms with Gasteiger partial charge in [0, 0.05) is 37.9 Å². The highest BCUT2D eigenvalue weighted by Crippen LogP contribution is 2.49. The number of rotatable bonds is 2. The van der Waals surface area contributed by atoms with Gasteiger partial charge in [-0.15, -0.1) is 0 Å². The molecule has 1 fully saturated rings. The Balaban J connectivity index is 1.47. The second-order valence-corrected chi connectivity index (χ2v) is 8.25. The van der Waals surface area contributed by atoms with Crippen molar-refractivity contribution in [3.05, 3.63) is 65.2 Å². The SMILES string of the molecule is CCOC(=O)N1CCC2(CC1)Oc1ccccc1[C@H]1CC(c3ccc(C)cc3)=NN12. The summed E-state index contributed by atoms with van der Waals surface area (Å²) >= 11 is 0. The average Bonchev–Trinajstić information content (AvgIpc) is 3.22. The van der Waals surface area contributed by atoms with Gasteiger partial charge >= 0.3 is 6.09 Å². The Kier molecular flexibility index (Phi) is 4.65. The number of hydrazone groups is 1. The van der Waals surface area contributed by atoms with Gasteiger partial charge in [0.15, 0.2) is 0 Å². The molecule has 0 aliphatic carbocycles. The Labute approximate surface area is 177 Å². The van der Waals surface area contributed by atoms with Crippen molar-refractivity contribution >= 4 is 11.8 Å². The van der Waals surface area contributed by atoms with E-state index in [2.05, 4.69) is 54.4 Å². The number of likely N-dealkylation sites (tertiary alicyclic amines) is 1. The van der Waals surface area contributed by atoms with Gasteiger partial charge in [-0.3, -0.25) is 0 Å². The highest BCUT2D eigenvalue weighted by Gasteiger charge is 2.52. The number of piperidine rings is 1. The second kappa shape index (κ2) is 7.35. The van der Waals surface area contributed by atoms with Crippen LogP contribution in [0.15, 0.2) is 53.6 Å². The van der Waals surface area contributed by atoms with Crippen molar-refractivity contribution in [3.63, 3.8) is 0 Å². The Morgan fingerprint density at radius 3 is 2.63 bits per heavy atom. The fourth-order valence-electron chi connectivity index (χ4n) is 4.73. The maximum atomic E-state index is 12.2. The molecule has 1 saturated heterocycles. The van der Waals surface area contributed by atoms with Crippen molar-refractivity contribution in [3.8, 4) is 5.75 Å². The van der Waals surface area contributed by atoms with E-state index in [0.717, 1.165) is 23.4 Å². The van der Waals surface area contributed by atoms with E-state index < -0.39 is 5.72 Å². The lowest BCUT2D eigenvalue weighted by Crippen LogP contribution is -2.59. The number of hydrogen-bond acceptors (Lipinski definition) is 5. The molecule has 0 unspecified atom stereocenters. The number of amides is 1. The summed E-state index contributed by atoms with van der Waals surface area (Å²) in [5, 5.41) is 7.26. The first kappa shape index (κ1) is 19.0. The number of benzene rings is 2. The van der Waals surface area contributed by atoms with Crippen molar-refractivity contribution in [1.82, 2.24) is 9.91 Å². The van der Waals surface area contributed by atoms with Gasteiger partial charge in [0.05, 0.1) is 18.4 Å². The molecule has 3 heterocycles. The van der Waals surface area contributed by atoms with Gasteiger partial charge < -0.3 is 14.4 Å². The van der Waals surface area contributed by atoms with E-state index in [4.69, 9.17) is 14.6 Å². The average molecular weight is 405 g/mol. The van der Waals surface area contributed by atoms with Gasteiger partial charge in [0.1, 0.15) is 5.75 Å². The van der Waals surface area contributed by atoms with Crippen LogP contribution in [0.5, 0.6) is 5.75 Å². The molecule has 6 heteroatoms. The Morgan fingerprint density at radius 1 is 1.17 bits per heavy atom. The number of fused-ring (bicyclic) bond motifs is 4. The largest absolute Gasteiger partial charge is 0.466 e. The molecule has 0 aromatic heterocycles. The molecule has 1 atom stereocenters. The van der Waals surface area contributed by atoms with Crippen molar-refractivity contribution in [2.24, 2.45) is 5.10 Å². The van der Waals surface area contributed by atoms with Crippen molar-refractivity contribution in [2.75, 3.05) is 19.7 Å². The van der Waals surface area contributed by atoms with Crippen LogP contribution in [0.1, 0.15) is 48.9 Å². The van der Waals surface area contributed by atoms with E-state index in [1.54, 1.807) is 4.90 Å². The molecule has 2 aromatic rings. The summed E-state index contributed by atoms with van der Waals surface area (Å²) in [7, 11) is 0. The molecule has 1 spiro atoms. The van der Waals surface area contributed by atoms with Crippen LogP contribution in [0.4, 0.5) is 4.79 Å². The zero-order valence-corrected chi connectivity index (χ0v) is 17.5. The van der Waals surface area contributed by atoms with Crippen LogP contribution in [0.25, 0.3) is 0 Å². The lowest BCUT2D eigenvalue weighted by atomic mass is 9.91. The maximum absolute atomic E-state index is 12.2. The van der Waals surface area contributed by atoms with E-state index in [-0.39, 0.29) is 12.1 Å². The number of ether oxygens (including phenoxy) is 2. The number of aryl methyl sites for hydroxylation is 1. The van der Waals surface area contributed by atoms with Crippen LogP contribution in [0.3, 0.4) is 0 Å². The monoisotopic (exact) mass is 405 g/mol. The maximum Gasteiger partial charge on any atom is 0.409 e. The van der Waals surface area contributed by atoms with Crippen LogP contribution >= 0.6 is 0 Å². The molecular formula is C24H27N3O3. The Hall–Kier alpha value is -3.02. The minimum Gasteiger partial charge on any atom is -0.466 e. The third-order valence-corrected chi connectivity index (χ3v) is 6.36. The van der Waals surface area contributed by atoms with Gasteiger partial charge in [-0.05, 0) is 25.5 Å². The smallest absolute Gasteiger partial charge is 0.409 e. The lowest BCUT2D eigenvalue weighted by Gasteiger charge is -2.50. The standard InChI is InChI=1S/C24H27N3O3/c1-3-29-23(28)26-14-12-24(13-15-26)27-21(19-6-4-5-7-22(19)30-24)16-20(25-27)18-10-8-17(2)9-11-18/h4-11,21H,3,12-16H2,1-2H3/t21-/m1/s1. The van der Waals surface area contributed by atoms with Gasteiger partial charge in [-0.1, -0.05) is 48.0 Å². The summed E-state index contributed by atoms with van der Waals surface area (Å²) in [6, 6.07) is 17.0. The summed E-state index contributed by atoms with van der Waals surface area (Å²) < 4.78 is 11.8.